The van der Waals surface area contributed by atoms with E-state index in [2.05, 4.69) is 45.9 Å². The monoisotopic (exact) mass is 218 g/mol. The summed E-state index contributed by atoms with van der Waals surface area (Å²) in [5, 5.41) is 0. The van der Waals surface area contributed by atoms with Crippen molar-refractivity contribution in [1.82, 2.24) is 0 Å². The Hall–Kier alpha value is -0.0662. The molecule has 0 spiro atoms. The van der Waals surface area contributed by atoms with Gasteiger partial charge in [0.1, 0.15) is 0 Å². The van der Waals surface area contributed by atoms with Crippen LogP contribution >= 0.6 is 0 Å². The van der Waals surface area contributed by atoms with E-state index in [1.54, 1.807) is 0 Å². The van der Waals surface area contributed by atoms with Crippen LogP contribution in [-0.4, -0.2) is 23.2 Å². The molecule has 0 radical (unpaired) electrons. The molecule has 4 heteroatoms. The summed E-state index contributed by atoms with van der Waals surface area (Å²) in [6, 6.07) is 0. The fraction of sp³-hybridized carbons (Fsp3) is 0.778. The van der Waals surface area contributed by atoms with Crippen molar-refractivity contribution in [2.75, 3.05) is 6.61 Å². The second-order valence-electron chi connectivity index (χ2n) is 5.15. The van der Waals surface area contributed by atoms with Crippen molar-refractivity contribution in [3.05, 3.63) is 12.3 Å². The van der Waals surface area contributed by atoms with Gasteiger partial charge in [0.2, 0.25) is 8.32 Å². The Balaban J connectivity index is 3.78. The minimum Gasteiger partial charge on any atom is -0.546 e. The molecular formula is C9H22O2Si2. The maximum Gasteiger partial charge on any atom is 0.241 e. The predicted molar refractivity (Wildman–Crippen MR) is 62.9 cm³/mol. The summed E-state index contributed by atoms with van der Waals surface area (Å²) in [5.74, 6) is 0.779. The third kappa shape index (κ3) is 9.85. The topological polar surface area (TPSA) is 18.5 Å². The summed E-state index contributed by atoms with van der Waals surface area (Å²) in [5.41, 5.74) is 0. The van der Waals surface area contributed by atoms with Crippen LogP contribution in [0.4, 0.5) is 0 Å². The van der Waals surface area contributed by atoms with Gasteiger partial charge in [0.25, 0.3) is 0 Å². The maximum atomic E-state index is 5.67. The first-order valence-corrected chi connectivity index (χ1v) is 11.4. The molecule has 0 aliphatic carbocycles. The van der Waals surface area contributed by atoms with Crippen molar-refractivity contribution in [2.24, 2.45) is 0 Å². The third-order valence-electron chi connectivity index (χ3n) is 1.12. The van der Waals surface area contributed by atoms with Crippen LogP contribution in [0.3, 0.4) is 0 Å². The van der Waals surface area contributed by atoms with Crippen molar-refractivity contribution >= 4 is 16.6 Å². The van der Waals surface area contributed by atoms with Gasteiger partial charge in [-0.2, -0.15) is 0 Å². The molecular weight excluding hydrogens is 196 g/mol. The molecule has 0 N–H and O–H groups in total. The third-order valence-corrected chi connectivity index (χ3v) is 3.03. The van der Waals surface area contributed by atoms with Gasteiger partial charge in [-0.15, -0.1) is 0 Å². The quantitative estimate of drug-likeness (QED) is 0.521. The molecule has 0 unspecified atom stereocenters. The zero-order chi connectivity index (χ0) is 10.7. The second kappa shape index (κ2) is 4.44. The first-order chi connectivity index (χ1) is 5.60. The van der Waals surface area contributed by atoms with E-state index < -0.39 is 16.6 Å². The van der Waals surface area contributed by atoms with Crippen molar-refractivity contribution in [2.45, 2.75) is 39.3 Å². The Morgan fingerprint density at radius 2 is 1.46 bits per heavy atom. The average Bonchev–Trinajstić information content (AvgIpc) is 1.78. The van der Waals surface area contributed by atoms with E-state index in [1.807, 2.05) is 0 Å². The zero-order valence-electron chi connectivity index (χ0n) is 9.73. The lowest BCUT2D eigenvalue weighted by Crippen LogP contribution is -2.30. The minimum absolute atomic E-state index is 0.556. The van der Waals surface area contributed by atoms with Crippen molar-refractivity contribution in [1.29, 1.82) is 0 Å². The molecule has 2 nitrogen and oxygen atoms in total. The molecule has 0 saturated carbocycles. The van der Waals surface area contributed by atoms with Crippen LogP contribution in [0, 0.1) is 0 Å². The molecule has 0 amide bonds. The van der Waals surface area contributed by atoms with Gasteiger partial charge in [0, 0.05) is 0 Å². The van der Waals surface area contributed by atoms with Gasteiger partial charge in [0.05, 0.1) is 12.4 Å². The van der Waals surface area contributed by atoms with E-state index in [9.17, 15) is 0 Å². The van der Waals surface area contributed by atoms with E-state index in [1.165, 1.54) is 0 Å². The largest absolute Gasteiger partial charge is 0.546 e. The maximum absolute atomic E-state index is 5.67. The summed E-state index contributed by atoms with van der Waals surface area (Å²) >= 11 is 0. The Bertz CT molecular complexity index is 177. The highest BCUT2D eigenvalue weighted by atomic mass is 28.4. The lowest BCUT2D eigenvalue weighted by atomic mass is 10.6. The second-order valence-corrected chi connectivity index (χ2v) is 14.1. The van der Waals surface area contributed by atoms with Crippen molar-refractivity contribution in [3.8, 4) is 0 Å². The number of hydrogen-bond acceptors (Lipinski definition) is 2. The Morgan fingerprint density at radius 1 is 1.00 bits per heavy atom. The van der Waals surface area contributed by atoms with Gasteiger partial charge in [-0.25, -0.2) is 0 Å². The molecule has 0 heterocycles. The fourth-order valence-electron chi connectivity index (χ4n) is 0.759. The summed E-state index contributed by atoms with van der Waals surface area (Å²) in [4.78, 5) is 0. The standard InChI is InChI=1S/C9H22O2Si2/c1-9(11-13(5,6)7)8-10-12(2,3)4/h1,8H2,2-7H3. The normalized spacial score (nSPS) is 12.8. The van der Waals surface area contributed by atoms with E-state index in [0.29, 0.717) is 6.61 Å². The van der Waals surface area contributed by atoms with Crippen LogP contribution in [0.2, 0.25) is 39.3 Å². The average molecular weight is 218 g/mol. The number of hydrogen-bond donors (Lipinski definition) is 0. The fourth-order valence-corrected chi connectivity index (χ4v) is 2.28. The van der Waals surface area contributed by atoms with Gasteiger partial charge in [0.15, 0.2) is 8.32 Å². The zero-order valence-corrected chi connectivity index (χ0v) is 11.7. The highest BCUT2D eigenvalue weighted by Crippen LogP contribution is 2.11. The van der Waals surface area contributed by atoms with Gasteiger partial charge in [-0.1, -0.05) is 6.58 Å². The Morgan fingerprint density at radius 3 is 1.77 bits per heavy atom. The molecule has 0 saturated heterocycles. The summed E-state index contributed by atoms with van der Waals surface area (Å²) in [6.45, 7) is 17.3. The lowest BCUT2D eigenvalue weighted by molar-refractivity contribution is 0.274. The van der Waals surface area contributed by atoms with E-state index in [4.69, 9.17) is 8.85 Å². The van der Waals surface area contributed by atoms with Crippen LogP contribution in [0.25, 0.3) is 0 Å². The highest BCUT2D eigenvalue weighted by Gasteiger charge is 2.19. The lowest BCUT2D eigenvalue weighted by Gasteiger charge is -2.24. The summed E-state index contributed by atoms with van der Waals surface area (Å²) in [7, 11) is -2.90. The molecule has 13 heavy (non-hydrogen) atoms. The van der Waals surface area contributed by atoms with E-state index in [-0.39, 0.29) is 0 Å². The van der Waals surface area contributed by atoms with Crippen molar-refractivity contribution < 1.29 is 8.85 Å². The molecule has 0 aliphatic rings. The summed E-state index contributed by atoms with van der Waals surface area (Å²) < 4.78 is 11.3. The molecule has 0 atom stereocenters. The minimum atomic E-state index is -1.48. The summed E-state index contributed by atoms with van der Waals surface area (Å²) in [6.07, 6.45) is 0. The first-order valence-electron chi connectivity index (χ1n) is 4.61. The molecule has 0 aliphatic heterocycles. The Kier molecular flexibility index (Phi) is 4.41. The molecule has 0 bridgehead atoms. The Labute approximate surface area is 84.2 Å². The molecule has 0 fully saturated rings. The van der Waals surface area contributed by atoms with Crippen LogP contribution in [0.1, 0.15) is 0 Å². The van der Waals surface area contributed by atoms with E-state index in [0.717, 1.165) is 5.76 Å². The highest BCUT2D eigenvalue weighted by molar-refractivity contribution is 6.70. The SMILES string of the molecule is C=C(CO[Si](C)(C)C)O[Si](C)(C)C. The van der Waals surface area contributed by atoms with Gasteiger partial charge >= 0.3 is 0 Å². The molecule has 78 valence electrons. The first kappa shape index (κ1) is 12.9. The van der Waals surface area contributed by atoms with Gasteiger partial charge < -0.3 is 8.85 Å². The molecule has 0 aromatic rings. The van der Waals surface area contributed by atoms with Crippen LogP contribution in [0.5, 0.6) is 0 Å². The molecule has 0 aromatic carbocycles. The van der Waals surface area contributed by atoms with Gasteiger partial charge in [-0.3, -0.25) is 0 Å². The van der Waals surface area contributed by atoms with Crippen LogP contribution < -0.4 is 0 Å². The van der Waals surface area contributed by atoms with Gasteiger partial charge in [-0.05, 0) is 39.3 Å². The van der Waals surface area contributed by atoms with E-state index >= 15 is 0 Å². The van der Waals surface area contributed by atoms with Crippen LogP contribution in [-0.2, 0) is 8.85 Å². The number of rotatable bonds is 5. The molecule has 0 aromatic heterocycles. The van der Waals surface area contributed by atoms with Crippen LogP contribution in [0.15, 0.2) is 12.3 Å². The van der Waals surface area contributed by atoms with Crippen molar-refractivity contribution in [3.63, 3.8) is 0 Å². The molecule has 0 rings (SSSR count). The smallest absolute Gasteiger partial charge is 0.241 e. The predicted octanol–water partition coefficient (Wildman–Crippen LogP) is 3.20.